The van der Waals surface area contributed by atoms with Crippen molar-refractivity contribution in [3.63, 3.8) is 0 Å². The summed E-state index contributed by atoms with van der Waals surface area (Å²) in [7, 11) is 0. The summed E-state index contributed by atoms with van der Waals surface area (Å²) in [5.41, 5.74) is 6.05. The first-order chi connectivity index (χ1) is 9.91. The quantitative estimate of drug-likeness (QED) is 0.814. The van der Waals surface area contributed by atoms with Gasteiger partial charge in [-0.05, 0) is 30.5 Å². The number of nitrogens with one attached hydrogen (secondary N) is 1. The van der Waals surface area contributed by atoms with E-state index < -0.39 is 17.4 Å². The first-order valence-electron chi connectivity index (χ1n) is 6.89. The van der Waals surface area contributed by atoms with E-state index in [0.717, 1.165) is 4.47 Å². The Bertz CT molecular complexity index is 591. The van der Waals surface area contributed by atoms with Gasteiger partial charge in [-0.1, -0.05) is 41.9 Å². The normalized spacial score (nSPS) is 19.2. The highest BCUT2D eigenvalue weighted by Crippen LogP contribution is 2.25. The maximum atomic E-state index is 12.3. The number of amides is 2. The van der Waals surface area contributed by atoms with Gasteiger partial charge in [0.25, 0.3) is 5.91 Å². The third-order valence-corrected chi connectivity index (χ3v) is 4.44. The lowest BCUT2D eigenvalue weighted by atomic mass is 9.89. The second-order valence-electron chi connectivity index (χ2n) is 5.14. The zero-order chi connectivity index (χ0) is 15.6. The Labute approximate surface area is 132 Å². The van der Waals surface area contributed by atoms with Crippen molar-refractivity contribution in [2.45, 2.75) is 38.1 Å². The molecule has 1 heterocycles. The van der Waals surface area contributed by atoms with Crippen LogP contribution in [0.1, 0.15) is 38.2 Å². The van der Waals surface area contributed by atoms with E-state index in [1.165, 1.54) is 0 Å². The lowest BCUT2D eigenvalue weighted by Gasteiger charge is -2.32. The monoisotopic (exact) mass is 351 g/mol. The molecule has 1 unspecified atom stereocenters. The van der Waals surface area contributed by atoms with Crippen LogP contribution in [0.5, 0.6) is 0 Å². The molecule has 5 nitrogen and oxygen atoms in total. The van der Waals surface area contributed by atoms with Crippen molar-refractivity contribution in [2.75, 3.05) is 0 Å². The number of carbonyl (C=O) groups excluding carboxylic acids is 2. The average molecular weight is 352 g/mol. The van der Waals surface area contributed by atoms with E-state index in [1.54, 1.807) is 24.3 Å². The van der Waals surface area contributed by atoms with Gasteiger partial charge in [-0.3, -0.25) is 9.59 Å². The van der Waals surface area contributed by atoms with Crippen molar-refractivity contribution in [2.24, 2.45) is 10.7 Å². The number of nitrogens with zero attached hydrogens (tertiary/aromatic N) is 1. The Hall–Kier alpha value is -1.53. The molecule has 1 atom stereocenters. The third kappa shape index (κ3) is 3.06. The Morgan fingerprint density at radius 2 is 1.81 bits per heavy atom. The van der Waals surface area contributed by atoms with Gasteiger partial charge >= 0.3 is 0 Å². The molecule has 0 radical (unpaired) electrons. The highest BCUT2D eigenvalue weighted by Gasteiger charge is 2.39. The van der Waals surface area contributed by atoms with E-state index in [4.69, 9.17) is 5.73 Å². The maximum absolute atomic E-state index is 12.3. The van der Waals surface area contributed by atoms with Crippen molar-refractivity contribution in [1.29, 1.82) is 0 Å². The molecule has 0 saturated carbocycles. The zero-order valence-electron chi connectivity index (χ0n) is 12.0. The van der Waals surface area contributed by atoms with E-state index in [2.05, 4.69) is 26.2 Å². The van der Waals surface area contributed by atoms with Crippen LogP contribution in [0, 0.1) is 0 Å². The largest absolute Gasteiger partial charge is 0.319 e. The first-order valence-corrected chi connectivity index (χ1v) is 7.68. The van der Waals surface area contributed by atoms with Crippen LogP contribution >= 0.6 is 15.9 Å². The van der Waals surface area contributed by atoms with Gasteiger partial charge in [-0.2, -0.15) is 4.99 Å². The number of aliphatic imine (C=N–C) groups is 1. The van der Waals surface area contributed by atoms with Crippen LogP contribution in [0.4, 0.5) is 0 Å². The molecule has 2 amide bonds. The predicted molar refractivity (Wildman–Crippen MR) is 85.0 cm³/mol. The molecule has 6 heteroatoms. The summed E-state index contributed by atoms with van der Waals surface area (Å²) in [4.78, 5) is 28.6. The van der Waals surface area contributed by atoms with Gasteiger partial charge in [0.15, 0.2) is 0 Å². The number of halogens is 1. The van der Waals surface area contributed by atoms with Crippen LogP contribution in [-0.4, -0.2) is 23.2 Å². The highest BCUT2D eigenvalue weighted by atomic mass is 79.9. The van der Waals surface area contributed by atoms with Gasteiger partial charge < -0.3 is 11.1 Å². The SMILES string of the molecule is CCC(N)(CC)C1=NC(=O)C(c2ccc(Br)cc2)C(=O)N1. The molecule has 3 N–H and O–H groups in total. The van der Waals surface area contributed by atoms with Gasteiger partial charge in [0, 0.05) is 4.47 Å². The van der Waals surface area contributed by atoms with Gasteiger partial charge in [0.05, 0.1) is 5.54 Å². The number of carbonyl (C=O) groups is 2. The molecule has 1 aliphatic heterocycles. The molecule has 0 spiro atoms. The maximum Gasteiger partial charge on any atom is 0.264 e. The van der Waals surface area contributed by atoms with Gasteiger partial charge in [-0.25, -0.2) is 0 Å². The molecular weight excluding hydrogens is 334 g/mol. The van der Waals surface area contributed by atoms with Crippen LogP contribution in [0.25, 0.3) is 0 Å². The Balaban J connectivity index is 2.35. The number of hydrogen-bond donors (Lipinski definition) is 2. The average Bonchev–Trinajstić information content (AvgIpc) is 2.47. The fourth-order valence-corrected chi connectivity index (χ4v) is 2.54. The molecule has 2 rings (SSSR count). The molecule has 1 aromatic rings. The van der Waals surface area contributed by atoms with Crippen molar-refractivity contribution in [3.05, 3.63) is 34.3 Å². The molecule has 0 fully saturated rings. The summed E-state index contributed by atoms with van der Waals surface area (Å²) in [5.74, 6) is -1.47. The Morgan fingerprint density at radius 1 is 1.24 bits per heavy atom. The Kier molecular flexibility index (Phi) is 4.58. The number of benzene rings is 1. The number of rotatable bonds is 4. The number of amidine groups is 1. The molecule has 0 bridgehead atoms. The van der Waals surface area contributed by atoms with Crippen LogP contribution in [0.3, 0.4) is 0 Å². The summed E-state index contributed by atoms with van der Waals surface area (Å²) in [6.45, 7) is 3.81. The number of hydrogen-bond acceptors (Lipinski definition) is 3. The summed E-state index contributed by atoms with van der Waals surface area (Å²) in [5, 5.41) is 2.71. The zero-order valence-corrected chi connectivity index (χ0v) is 13.6. The lowest BCUT2D eigenvalue weighted by molar-refractivity contribution is -0.130. The minimum absolute atomic E-state index is 0.274. The minimum atomic E-state index is -0.903. The molecule has 0 aliphatic carbocycles. The van der Waals surface area contributed by atoms with Crippen molar-refractivity contribution in [1.82, 2.24) is 5.32 Å². The topological polar surface area (TPSA) is 84.5 Å². The van der Waals surface area contributed by atoms with Crippen LogP contribution in [0.2, 0.25) is 0 Å². The van der Waals surface area contributed by atoms with E-state index in [1.807, 2.05) is 13.8 Å². The molecular formula is C15H18BrN3O2. The second-order valence-corrected chi connectivity index (χ2v) is 6.05. The summed E-state index contributed by atoms with van der Waals surface area (Å²) < 4.78 is 0.886. The fraction of sp³-hybridized carbons (Fsp3) is 0.400. The molecule has 112 valence electrons. The Morgan fingerprint density at radius 3 is 2.29 bits per heavy atom. The van der Waals surface area contributed by atoms with Gasteiger partial charge in [-0.15, -0.1) is 0 Å². The van der Waals surface area contributed by atoms with E-state index in [9.17, 15) is 9.59 Å². The molecule has 1 aromatic carbocycles. The van der Waals surface area contributed by atoms with Crippen molar-refractivity contribution in [3.8, 4) is 0 Å². The highest BCUT2D eigenvalue weighted by molar-refractivity contribution is 9.10. The van der Waals surface area contributed by atoms with E-state index in [0.29, 0.717) is 18.4 Å². The van der Waals surface area contributed by atoms with Crippen LogP contribution in [0.15, 0.2) is 33.7 Å². The molecule has 21 heavy (non-hydrogen) atoms. The van der Waals surface area contributed by atoms with Crippen LogP contribution in [-0.2, 0) is 9.59 Å². The van der Waals surface area contributed by atoms with E-state index in [-0.39, 0.29) is 11.7 Å². The van der Waals surface area contributed by atoms with Crippen LogP contribution < -0.4 is 11.1 Å². The fourth-order valence-electron chi connectivity index (χ4n) is 2.27. The van der Waals surface area contributed by atoms with E-state index >= 15 is 0 Å². The third-order valence-electron chi connectivity index (χ3n) is 3.91. The van der Waals surface area contributed by atoms with Crippen molar-refractivity contribution < 1.29 is 9.59 Å². The first kappa shape index (κ1) is 15.9. The predicted octanol–water partition coefficient (Wildman–Crippen LogP) is 2.11. The lowest BCUT2D eigenvalue weighted by Crippen LogP contribution is -2.58. The summed E-state index contributed by atoms with van der Waals surface area (Å²) in [6.07, 6.45) is 1.19. The van der Waals surface area contributed by atoms with Gasteiger partial charge in [0.1, 0.15) is 11.8 Å². The number of nitrogens with two attached hydrogens (primary N) is 1. The van der Waals surface area contributed by atoms with Gasteiger partial charge in [0.2, 0.25) is 5.91 Å². The summed E-state index contributed by atoms with van der Waals surface area (Å²) in [6, 6.07) is 7.06. The molecule has 0 aromatic heterocycles. The summed E-state index contributed by atoms with van der Waals surface area (Å²) >= 11 is 3.32. The molecule has 1 aliphatic rings. The standard InChI is InChI=1S/C15H18BrN3O2/c1-3-15(17,4-2)14-18-12(20)11(13(21)19-14)9-5-7-10(16)8-6-9/h5-8,11H,3-4,17H2,1-2H3,(H,18,19,20,21). The van der Waals surface area contributed by atoms with Crippen molar-refractivity contribution >= 4 is 33.6 Å². The second kappa shape index (κ2) is 6.07. The molecule has 0 saturated heterocycles. The smallest absolute Gasteiger partial charge is 0.264 e. The minimum Gasteiger partial charge on any atom is -0.319 e.